The maximum absolute atomic E-state index is 12.1. The molecule has 0 saturated carbocycles. The molecule has 0 atom stereocenters. The molecule has 0 fully saturated rings. The Hall–Kier alpha value is -3.66. The molecule has 0 N–H and O–H groups in total. The molecule has 0 saturated heterocycles. The highest BCUT2D eigenvalue weighted by Crippen LogP contribution is 2.17. The summed E-state index contributed by atoms with van der Waals surface area (Å²) in [7, 11) is 1.57. The SMILES string of the molecule is COc1ccc(C(=O)Oc2ccc(/C=C/C(=O)c3ccccc3)cc2)cc1. The molecule has 4 nitrogen and oxygen atoms in total. The summed E-state index contributed by atoms with van der Waals surface area (Å²) in [6, 6.07) is 22.7. The van der Waals surface area contributed by atoms with Gasteiger partial charge < -0.3 is 9.47 Å². The number of ketones is 1. The van der Waals surface area contributed by atoms with E-state index in [0.717, 1.165) is 5.56 Å². The highest BCUT2D eigenvalue weighted by atomic mass is 16.5. The summed E-state index contributed by atoms with van der Waals surface area (Å²) in [6.45, 7) is 0. The number of rotatable bonds is 6. The maximum atomic E-state index is 12.1. The second kappa shape index (κ2) is 8.63. The first-order chi connectivity index (χ1) is 13.2. The van der Waals surface area contributed by atoms with E-state index >= 15 is 0 Å². The summed E-state index contributed by atoms with van der Waals surface area (Å²) in [5.41, 5.74) is 1.91. The van der Waals surface area contributed by atoms with Crippen LogP contribution in [0.4, 0.5) is 0 Å². The molecule has 0 aliphatic rings. The molecule has 0 amide bonds. The summed E-state index contributed by atoms with van der Waals surface area (Å²) in [5.74, 6) is 0.598. The summed E-state index contributed by atoms with van der Waals surface area (Å²) in [6.07, 6.45) is 3.25. The molecule has 0 aromatic heterocycles. The number of carbonyl (C=O) groups is 2. The van der Waals surface area contributed by atoms with Crippen LogP contribution in [0.25, 0.3) is 6.08 Å². The third-order valence-corrected chi connectivity index (χ3v) is 3.90. The van der Waals surface area contributed by atoms with Gasteiger partial charge in [-0.25, -0.2) is 4.79 Å². The van der Waals surface area contributed by atoms with E-state index < -0.39 is 5.97 Å². The van der Waals surface area contributed by atoms with Gasteiger partial charge in [-0.2, -0.15) is 0 Å². The van der Waals surface area contributed by atoms with E-state index in [0.29, 0.717) is 22.6 Å². The lowest BCUT2D eigenvalue weighted by Crippen LogP contribution is -2.08. The molecule has 0 aliphatic carbocycles. The van der Waals surface area contributed by atoms with Gasteiger partial charge in [-0.15, -0.1) is 0 Å². The van der Waals surface area contributed by atoms with Crippen LogP contribution in [0.5, 0.6) is 11.5 Å². The second-order valence-electron chi connectivity index (χ2n) is 5.75. The van der Waals surface area contributed by atoms with Crippen LogP contribution in [0.3, 0.4) is 0 Å². The lowest BCUT2D eigenvalue weighted by Gasteiger charge is -2.05. The van der Waals surface area contributed by atoms with E-state index in [1.165, 1.54) is 6.08 Å². The number of methoxy groups -OCH3 is 1. The van der Waals surface area contributed by atoms with Crippen LogP contribution in [0, 0.1) is 0 Å². The van der Waals surface area contributed by atoms with E-state index in [9.17, 15) is 9.59 Å². The summed E-state index contributed by atoms with van der Waals surface area (Å²) in [4.78, 5) is 24.2. The van der Waals surface area contributed by atoms with E-state index in [1.807, 2.05) is 18.2 Å². The smallest absolute Gasteiger partial charge is 0.343 e. The monoisotopic (exact) mass is 358 g/mol. The van der Waals surface area contributed by atoms with Crippen LogP contribution >= 0.6 is 0 Å². The largest absolute Gasteiger partial charge is 0.497 e. The van der Waals surface area contributed by atoms with Crippen LogP contribution in [-0.2, 0) is 0 Å². The minimum absolute atomic E-state index is 0.0642. The van der Waals surface area contributed by atoms with E-state index in [4.69, 9.17) is 9.47 Å². The third kappa shape index (κ3) is 4.92. The van der Waals surface area contributed by atoms with Crippen LogP contribution in [0.15, 0.2) is 84.9 Å². The number of ether oxygens (including phenoxy) is 2. The van der Waals surface area contributed by atoms with Crippen LogP contribution in [-0.4, -0.2) is 18.9 Å². The standard InChI is InChI=1S/C23H18O4/c1-26-20-14-10-19(11-15-20)23(25)27-21-12-7-17(8-13-21)9-16-22(24)18-5-3-2-4-6-18/h2-16H,1H3/b16-9+. The fourth-order valence-corrected chi connectivity index (χ4v) is 2.41. The molecule has 3 aromatic carbocycles. The van der Waals surface area contributed by atoms with E-state index in [2.05, 4.69) is 0 Å². The van der Waals surface area contributed by atoms with Gasteiger partial charge in [0.25, 0.3) is 0 Å². The van der Waals surface area contributed by atoms with Gasteiger partial charge in [0.1, 0.15) is 11.5 Å². The third-order valence-electron chi connectivity index (χ3n) is 3.90. The van der Waals surface area contributed by atoms with Crippen molar-refractivity contribution in [2.45, 2.75) is 0 Å². The molecule has 4 heteroatoms. The van der Waals surface area contributed by atoms with Crippen molar-refractivity contribution in [3.05, 3.63) is 102 Å². The van der Waals surface area contributed by atoms with Crippen molar-refractivity contribution in [3.8, 4) is 11.5 Å². The molecule has 134 valence electrons. The van der Waals surface area contributed by atoms with Crippen molar-refractivity contribution in [2.24, 2.45) is 0 Å². The van der Waals surface area contributed by atoms with Crippen molar-refractivity contribution in [1.29, 1.82) is 0 Å². The summed E-state index contributed by atoms with van der Waals surface area (Å²) in [5, 5.41) is 0. The molecule has 0 aliphatic heterocycles. The Kier molecular flexibility index (Phi) is 5.80. The number of benzene rings is 3. The van der Waals surface area contributed by atoms with Crippen molar-refractivity contribution in [1.82, 2.24) is 0 Å². The molecule has 3 aromatic rings. The molecule has 0 heterocycles. The Morgan fingerprint density at radius 1 is 0.741 bits per heavy atom. The lowest BCUT2D eigenvalue weighted by molar-refractivity contribution is 0.0734. The molecule has 0 spiro atoms. The summed E-state index contributed by atoms with van der Waals surface area (Å²) >= 11 is 0. The second-order valence-corrected chi connectivity index (χ2v) is 5.75. The Labute approximate surface area is 157 Å². The van der Waals surface area contributed by atoms with Gasteiger partial charge in [0.2, 0.25) is 0 Å². The number of allylic oxidation sites excluding steroid dienone is 1. The highest BCUT2D eigenvalue weighted by molar-refractivity contribution is 6.06. The highest BCUT2D eigenvalue weighted by Gasteiger charge is 2.08. The van der Waals surface area contributed by atoms with Crippen molar-refractivity contribution >= 4 is 17.8 Å². The molecule has 27 heavy (non-hydrogen) atoms. The summed E-state index contributed by atoms with van der Waals surface area (Å²) < 4.78 is 10.4. The first kappa shape index (κ1) is 18.1. The number of esters is 1. The lowest BCUT2D eigenvalue weighted by atomic mass is 10.1. The van der Waals surface area contributed by atoms with Gasteiger partial charge in [-0.05, 0) is 48.0 Å². The minimum atomic E-state index is -0.444. The maximum Gasteiger partial charge on any atom is 0.343 e. The van der Waals surface area contributed by atoms with Crippen LogP contribution < -0.4 is 9.47 Å². The van der Waals surface area contributed by atoms with Gasteiger partial charge in [0, 0.05) is 5.56 Å². The average molecular weight is 358 g/mol. The Bertz CT molecular complexity index is 940. The van der Waals surface area contributed by atoms with Gasteiger partial charge in [0.15, 0.2) is 5.78 Å². The van der Waals surface area contributed by atoms with Crippen LogP contribution in [0.1, 0.15) is 26.3 Å². The zero-order valence-electron chi connectivity index (χ0n) is 14.8. The van der Waals surface area contributed by atoms with E-state index in [1.54, 1.807) is 73.8 Å². The predicted octanol–water partition coefficient (Wildman–Crippen LogP) is 4.81. The topological polar surface area (TPSA) is 52.6 Å². The van der Waals surface area contributed by atoms with Gasteiger partial charge in [0.05, 0.1) is 12.7 Å². The molecule has 3 rings (SSSR count). The van der Waals surface area contributed by atoms with E-state index in [-0.39, 0.29) is 5.78 Å². The Morgan fingerprint density at radius 3 is 2.00 bits per heavy atom. The first-order valence-electron chi connectivity index (χ1n) is 8.39. The quantitative estimate of drug-likeness (QED) is 0.275. The fraction of sp³-hybridized carbons (Fsp3) is 0.0435. The zero-order chi connectivity index (χ0) is 19.1. The Morgan fingerprint density at radius 2 is 1.37 bits per heavy atom. The number of hydrogen-bond acceptors (Lipinski definition) is 4. The van der Waals surface area contributed by atoms with Crippen molar-refractivity contribution < 1.29 is 19.1 Å². The fourth-order valence-electron chi connectivity index (χ4n) is 2.41. The number of hydrogen-bond donors (Lipinski definition) is 0. The predicted molar refractivity (Wildman–Crippen MR) is 104 cm³/mol. The minimum Gasteiger partial charge on any atom is -0.497 e. The van der Waals surface area contributed by atoms with Gasteiger partial charge in [-0.3, -0.25) is 4.79 Å². The Balaban J connectivity index is 1.62. The van der Waals surface area contributed by atoms with Crippen molar-refractivity contribution in [3.63, 3.8) is 0 Å². The molecule has 0 radical (unpaired) electrons. The molecular formula is C23H18O4. The molecular weight excluding hydrogens is 340 g/mol. The normalized spacial score (nSPS) is 10.6. The first-order valence-corrected chi connectivity index (χ1v) is 8.39. The molecule has 0 bridgehead atoms. The van der Waals surface area contributed by atoms with Crippen LogP contribution in [0.2, 0.25) is 0 Å². The van der Waals surface area contributed by atoms with Crippen molar-refractivity contribution in [2.75, 3.05) is 7.11 Å². The van der Waals surface area contributed by atoms with Gasteiger partial charge in [-0.1, -0.05) is 48.5 Å². The molecule has 0 unspecified atom stereocenters. The average Bonchev–Trinajstić information content (AvgIpc) is 2.73. The zero-order valence-corrected chi connectivity index (χ0v) is 14.8. The number of carbonyl (C=O) groups excluding carboxylic acids is 2. The van der Waals surface area contributed by atoms with Gasteiger partial charge >= 0.3 is 5.97 Å².